The van der Waals surface area contributed by atoms with Gasteiger partial charge in [-0.2, -0.15) is 0 Å². The van der Waals surface area contributed by atoms with Crippen LogP contribution in [0.25, 0.3) is 17.2 Å². The first-order chi connectivity index (χ1) is 13.2. The molecule has 0 aliphatic heterocycles. The summed E-state index contributed by atoms with van der Waals surface area (Å²) in [4.78, 5) is 0. The molecular weight excluding hydrogens is 326 g/mol. The molecular formula is C26H25N. The van der Waals surface area contributed by atoms with Gasteiger partial charge in [0.05, 0.1) is 0 Å². The quantitative estimate of drug-likeness (QED) is 0.388. The summed E-state index contributed by atoms with van der Waals surface area (Å²) < 4.78 is 0. The van der Waals surface area contributed by atoms with Gasteiger partial charge in [0.1, 0.15) is 0 Å². The van der Waals surface area contributed by atoms with Crippen LogP contribution >= 0.6 is 0 Å². The number of benzene rings is 3. The molecule has 2 N–H and O–H groups in total. The molecule has 0 radical (unpaired) electrons. The van der Waals surface area contributed by atoms with Crippen LogP contribution in [0.15, 0.2) is 109 Å². The summed E-state index contributed by atoms with van der Waals surface area (Å²) in [6.07, 6.45) is 11.5. The standard InChI is InChI=1S/C26H25N/c1-2-3-7-22(20-23-14-18-26(27)19-15-23)11-10-21-12-16-25(17-13-21)24-8-5-4-6-9-24/h2-19H,20,27H2,1H3/b3-2+,11-10-,22-7+. The van der Waals surface area contributed by atoms with E-state index in [1.807, 2.05) is 31.2 Å². The minimum atomic E-state index is 0.798. The number of nitrogen functional groups attached to an aromatic ring is 1. The van der Waals surface area contributed by atoms with Gasteiger partial charge in [-0.25, -0.2) is 0 Å². The van der Waals surface area contributed by atoms with Gasteiger partial charge in [-0.15, -0.1) is 0 Å². The first-order valence-corrected chi connectivity index (χ1v) is 9.24. The average molecular weight is 351 g/mol. The predicted octanol–water partition coefficient (Wildman–Crippen LogP) is 6.69. The van der Waals surface area contributed by atoms with Crippen molar-refractivity contribution >= 4 is 11.8 Å². The maximum absolute atomic E-state index is 5.79. The van der Waals surface area contributed by atoms with Crippen LogP contribution in [0, 0.1) is 0 Å². The minimum absolute atomic E-state index is 0.798. The number of allylic oxidation sites excluding steroid dienone is 5. The van der Waals surface area contributed by atoms with Gasteiger partial charge in [-0.1, -0.05) is 97.1 Å². The van der Waals surface area contributed by atoms with Crippen LogP contribution in [0.4, 0.5) is 5.69 Å². The van der Waals surface area contributed by atoms with E-state index in [2.05, 4.69) is 85.0 Å². The lowest BCUT2D eigenvalue weighted by Crippen LogP contribution is -1.90. The van der Waals surface area contributed by atoms with Gasteiger partial charge in [0.2, 0.25) is 0 Å². The third kappa shape index (κ3) is 5.58. The molecule has 134 valence electrons. The molecule has 3 rings (SSSR count). The van der Waals surface area contributed by atoms with Gasteiger partial charge in [0, 0.05) is 5.69 Å². The number of rotatable bonds is 6. The third-order valence-corrected chi connectivity index (χ3v) is 4.40. The molecule has 0 saturated heterocycles. The molecule has 0 fully saturated rings. The Balaban J connectivity index is 1.75. The molecule has 0 aliphatic carbocycles. The molecule has 1 heteroatoms. The fourth-order valence-corrected chi connectivity index (χ4v) is 2.88. The normalized spacial score (nSPS) is 12.1. The molecule has 1 nitrogen and oxygen atoms in total. The van der Waals surface area contributed by atoms with Crippen LogP contribution in [0.3, 0.4) is 0 Å². The maximum atomic E-state index is 5.79. The SMILES string of the molecule is C/C=C/C=C(\C=C/c1ccc(-c2ccccc2)cc1)Cc1ccc(N)cc1. The topological polar surface area (TPSA) is 26.0 Å². The zero-order chi connectivity index (χ0) is 18.9. The number of nitrogens with two attached hydrogens (primary N) is 1. The van der Waals surface area contributed by atoms with E-state index in [-0.39, 0.29) is 0 Å². The summed E-state index contributed by atoms with van der Waals surface area (Å²) in [5.41, 5.74) is 12.8. The van der Waals surface area contributed by atoms with Crippen molar-refractivity contribution in [3.8, 4) is 11.1 Å². The Labute approximate surface area is 162 Å². The minimum Gasteiger partial charge on any atom is -0.399 e. The second-order valence-corrected chi connectivity index (χ2v) is 6.51. The molecule has 3 aromatic rings. The van der Waals surface area contributed by atoms with E-state index in [4.69, 9.17) is 5.73 Å². The van der Waals surface area contributed by atoms with Crippen molar-refractivity contribution in [3.05, 3.63) is 120 Å². The Bertz CT molecular complexity index is 928. The fourth-order valence-electron chi connectivity index (χ4n) is 2.88. The fraction of sp³-hybridized carbons (Fsp3) is 0.0769. The molecule has 0 aliphatic rings. The van der Waals surface area contributed by atoms with Gasteiger partial charge in [-0.3, -0.25) is 0 Å². The smallest absolute Gasteiger partial charge is 0.0314 e. The van der Waals surface area contributed by atoms with Crippen molar-refractivity contribution in [2.45, 2.75) is 13.3 Å². The van der Waals surface area contributed by atoms with Crippen molar-refractivity contribution in [1.82, 2.24) is 0 Å². The molecule has 0 aromatic heterocycles. The Kier molecular flexibility index (Phi) is 6.43. The first-order valence-electron chi connectivity index (χ1n) is 9.24. The second kappa shape index (κ2) is 9.40. The molecule has 0 bridgehead atoms. The first kappa shape index (κ1) is 18.5. The van der Waals surface area contributed by atoms with Crippen LogP contribution < -0.4 is 5.73 Å². The average Bonchev–Trinajstić information content (AvgIpc) is 2.72. The van der Waals surface area contributed by atoms with E-state index >= 15 is 0 Å². The highest BCUT2D eigenvalue weighted by Gasteiger charge is 1.98. The van der Waals surface area contributed by atoms with Gasteiger partial charge >= 0.3 is 0 Å². The Hall–Kier alpha value is -3.32. The maximum Gasteiger partial charge on any atom is 0.0314 e. The van der Waals surface area contributed by atoms with Gasteiger partial charge in [-0.05, 0) is 53.3 Å². The Morgan fingerprint density at radius 2 is 1.48 bits per heavy atom. The van der Waals surface area contributed by atoms with Crippen molar-refractivity contribution in [1.29, 1.82) is 0 Å². The highest BCUT2D eigenvalue weighted by Crippen LogP contribution is 2.20. The van der Waals surface area contributed by atoms with Crippen LogP contribution in [0.2, 0.25) is 0 Å². The lowest BCUT2D eigenvalue weighted by Gasteiger charge is -2.04. The predicted molar refractivity (Wildman–Crippen MR) is 118 cm³/mol. The third-order valence-electron chi connectivity index (χ3n) is 4.40. The number of anilines is 1. The van der Waals surface area contributed by atoms with Crippen LogP contribution in [0.1, 0.15) is 18.1 Å². The van der Waals surface area contributed by atoms with Crippen LogP contribution in [-0.2, 0) is 6.42 Å². The zero-order valence-electron chi connectivity index (χ0n) is 15.7. The van der Waals surface area contributed by atoms with Crippen molar-refractivity contribution in [2.75, 3.05) is 5.73 Å². The van der Waals surface area contributed by atoms with Gasteiger partial charge in [0.25, 0.3) is 0 Å². The number of hydrogen-bond donors (Lipinski definition) is 1. The molecule has 0 unspecified atom stereocenters. The Morgan fingerprint density at radius 3 is 2.15 bits per heavy atom. The largest absolute Gasteiger partial charge is 0.399 e. The van der Waals surface area contributed by atoms with Gasteiger partial charge < -0.3 is 5.73 Å². The molecule has 0 saturated carbocycles. The zero-order valence-corrected chi connectivity index (χ0v) is 15.7. The molecule has 0 amide bonds. The summed E-state index contributed by atoms with van der Waals surface area (Å²) in [5, 5.41) is 0. The summed E-state index contributed by atoms with van der Waals surface area (Å²) >= 11 is 0. The molecule has 0 spiro atoms. The second-order valence-electron chi connectivity index (χ2n) is 6.51. The lowest BCUT2D eigenvalue weighted by atomic mass is 10.0. The molecule has 0 atom stereocenters. The van der Waals surface area contributed by atoms with E-state index in [0.29, 0.717) is 0 Å². The van der Waals surface area contributed by atoms with E-state index in [9.17, 15) is 0 Å². The van der Waals surface area contributed by atoms with Crippen molar-refractivity contribution < 1.29 is 0 Å². The highest BCUT2D eigenvalue weighted by atomic mass is 14.5. The number of hydrogen-bond acceptors (Lipinski definition) is 1. The van der Waals surface area contributed by atoms with E-state index in [1.165, 1.54) is 27.8 Å². The van der Waals surface area contributed by atoms with Crippen LogP contribution in [-0.4, -0.2) is 0 Å². The van der Waals surface area contributed by atoms with E-state index < -0.39 is 0 Å². The molecule has 27 heavy (non-hydrogen) atoms. The van der Waals surface area contributed by atoms with Crippen molar-refractivity contribution in [3.63, 3.8) is 0 Å². The van der Waals surface area contributed by atoms with Crippen LogP contribution in [0.5, 0.6) is 0 Å². The monoisotopic (exact) mass is 351 g/mol. The van der Waals surface area contributed by atoms with E-state index in [1.54, 1.807) is 0 Å². The molecule has 0 heterocycles. The Morgan fingerprint density at radius 1 is 0.815 bits per heavy atom. The lowest BCUT2D eigenvalue weighted by molar-refractivity contribution is 1.20. The molecule has 3 aromatic carbocycles. The van der Waals surface area contributed by atoms with Crippen molar-refractivity contribution in [2.24, 2.45) is 0 Å². The highest BCUT2D eigenvalue weighted by molar-refractivity contribution is 5.66. The summed E-state index contributed by atoms with van der Waals surface area (Å²) in [5.74, 6) is 0. The van der Waals surface area contributed by atoms with E-state index in [0.717, 1.165) is 12.1 Å². The van der Waals surface area contributed by atoms with Gasteiger partial charge in [0.15, 0.2) is 0 Å². The summed E-state index contributed by atoms with van der Waals surface area (Å²) in [6.45, 7) is 2.03. The summed E-state index contributed by atoms with van der Waals surface area (Å²) in [6, 6.07) is 27.2. The summed E-state index contributed by atoms with van der Waals surface area (Å²) in [7, 11) is 0.